The van der Waals surface area contributed by atoms with Gasteiger partial charge in [-0.15, -0.1) is 0 Å². The molecule has 0 aromatic heterocycles. The predicted molar refractivity (Wildman–Crippen MR) is 124 cm³/mol. The zero-order valence-corrected chi connectivity index (χ0v) is 19.2. The molecule has 4 rings (SSSR count). The first-order chi connectivity index (χ1) is 13.0. The van der Waals surface area contributed by atoms with Gasteiger partial charge < -0.3 is 0 Å². The lowest BCUT2D eigenvalue weighted by Gasteiger charge is -2.22. The lowest BCUT2D eigenvalue weighted by Crippen LogP contribution is -2.09. The third-order valence-corrected chi connectivity index (χ3v) is 8.51. The van der Waals surface area contributed by atoms with Crippen molar-refractivity contribution in [3.05, 3.63) is 48.6 Å². The lowest BCUT2D eigenvalue weighted by molar-refractivity contribution is 0.308. The highest BCUT2D eigenvalue weighted by Gasteiger charge is 2.38. The summed E-state index contributed by atoms with van der Waals surface area (Å²) in [6, 6.07) is 0. The van der Waals surface area contributed by atoms with Gasteiger partial charge in [0.25, 0.3) is 0 Å². The van der Waals surface area contributed by atoms with Crippen LogP contribution < -0.4 is 0 Å². The number of hydrogen-bond donors (Lipinski definition) is 0. The zero-order valence-electron chi connectivity index (χ0n) is 19.2. The first-order valence-electron chi connectivity index (χ1n) is 11.7. The van der Waals surface area contributed by atoms with Crippen LogP contribution in [0.2, 0.25) is 0 Å². The van der Waals surface area contributed by atoms with Crippen molar-refractivity contribution in [2.75, 3.05) is 0 Å². The molecule has 28 heavy (non-hydrogen) atoms. The van der Waals surface area contributed by atoms with E-state index in [1.54, 1.807) is 0 Å². The summed E-state index contributed by atoms with van der Waals surface area (Å²) in [6.45, 7) is 26.5. The molecule has 0 saturated heterocycles. The van der Waals surface area contributed by atoms with Crippen molar-refractivity contribution in [2.24, 2.45) is 34.5 Å². The third-order valence-electron chi connectivity index (χ3n) is 8.51. The largest absolute Gasteiger partial charge is 0.0992 e. The number of rotatable bonds is 0. The van der Waals surface area contributed by atoms with E-state index in [-0.39, 0.29) is 0 Å². The number of allylic oxidation sites excluding steroid dienone is 4. The fraction of sp³-hybridized carbons (Fsp3) is 0.714. The van der Waals surface area contributed by atoms with E-state index in [4.69, 9.17) is 0 Å². The molecule has 0 aliphatic heterocycles. The summed E-state index contributed by atoms with van der Waals surface area (Å²) in [5.41, 5.74) is 6.92. The quantitative estimate of drug-likeness (QED) is 0.369. The molecule has 0 heterocycles. The Morgan fingerprint density at radius 3 is 0.929 bits per heavy atom. The highest BCUT2D eigenvalue weighted by Crippen LogP contribution is 2.51. The fourth-order valence-corrected chi connectivity index (χ4v) is 6.30. The Morgan fingerprint density at radius 2 is 0.714 bits per heavy atom. The van der Waals surface area contributed by atoms with Gasteiger partial charge in [-0.3, -0.25) is 0 Å². The van der Waals surface area contributed by atoms with Crippen molar-refractivity contribution in [1.82, 2.24) is 0 Å². The molecule has 4 fully saturated rings. The van der Waals surface area contributed by atoms with Crippen LogP contribution in [-0.4, -0.2) is 0 Å². The minimum atomic E-state index is 0.547. The predicted octanol–water partition coefficient (Wildman–Crippen LogP) is 8.67. The van der Waals surface area contributed by atoms with Gasteiger partial charge in [-0.05, 0) is 98.7 Å². The minimum Gasteiger partial charge on any atom is -0.0992 e. The van der Waals surface area contributed by atoms with Crippen LogP contribution >= 0.6 is 0 Å². The summed E-state index contributed by atoms with van der Waals surface area (Å²) in [5.74, 6) is 3.07. The van der Waals surface area contributed by atoms with Gasteiger partial charge in [-0.1, -0.05) is 76.3 Å². The lowest BCUT2D eigenvalue weighted by atomic mass is 9.84. The summed E-state index contributed by atoms with van der Waals surface area (Å²) >= 11 is 0. The van der Waals surface area contributed by atoms with E-state index in [2.05, 4.69) is 54.0 Å². The third kappa shape index (κ3) is 4.74. The van der Waals surface area contributed by atoms with Gasteiger partial charge in [0.2, 0.25) is 0 Å². The molecular formula is C28H44. The molecule has 4 aliphatic carbocycles. The molecule has 0 radical (unpaired) electrons. The molecule has 4 aliphatic rings. The van der Waals surface area contributed by atoms with E-state index < -0.39 is 0 Å². The van der Waals surface area contributed by atoms with Gasteiger partial charge in [0.05, 0.1) is 0 Å². The Balaban J connectivity index is 0.000000161. The molecule has 0 amide bonds. The first kappa shape index (κ1) is 21.7. The maximum Gasteiger partial charge on any atom is -0.0108 e. The maximum absolute atomic E-state index is 4.22. The smallest absolute Gasteiger partial charge is 0.0108 e. The fourth-order valence-electron chi connectivity index (χ4n) is 6.30. The molecule has 0 spiro atoms. The summed E-state index contributed by atoms with van der Waals surface area (Å²) in [6.07, 6.45) is 13.0. The molecule has 0 bridgehead atoms. The van der Waals surface area contributed by atoms with Crippen LogP contribution in [0.25, 0.3) is 0 Å². The molecule has 156 valence electrons. The van der Waals surface area contributed by atoms with E-state index in [1.165, 1.54) is 73.7 Å². The van der Waals surface area contributed by atoms with Crippen molar-refractivity contribution < 1.29 is 0 Å². The molecule has 0 heteroatoms. The molecule has 4 atom stereocenters. The first-order valence-corrected chi connectivity index (χ1v) is 11.7. The van der Waals surface area contributed by atoms with E-state index in [9.17, 15) is 0 Å². The summed E-state index contributed by atoms with van der Waals surface area (Å²) in [7, 11) is 0. The van der Waals surface area contributed by atoms with Gasteiger partial charge in [-0.25, -0.2) is 0 Å². The second-order valence-electron chi connectivity index (χ2n) is 11.9. The molecule has 0 nitrogen and oxygen atoms in total. The van der Waals surface area contributed by atoms with Crippen molar-refractivity contribution >= 4 is 0 Å². The molecule has 4 saturated carbocycles. The highest BCUT2D eigenvalue weighted by atomic mass is 14.4. The Morgan fingerprint density at radius 1 is 0.500 bits per heavy atom. The Bertz CT molecular complexity index is 546. The standard InChI is InChI=1S/2C14H22/c2*1-10-9-11(2)13-6-8-14(3,4)7-5-12(10)13/h2*12-13H,1-2,5-9H2,3-4H3. The monoisotopic (exact) mass is 380 g/mol. The van der Waals surface area contributed by atoms with Crippen LogP contribution in [0.4, 0.5) is 0 Å². The zero-order chi connectivity index (χ0) is 20.7. The van der Waals surface area contributed by atoms with Crippen molar-refractivity contribution in [2.45, 2.75) is 91.9 Å². The van der Waals surface area contributed by atoms with Gasteiger partial charge in [0.15, 0.2) is 0 Å². The normalized spacial score (nSPS) is 36.7. The van der Waals surface area contributed by atoms with Crippen LogP contribution in [0.5, 0.6) is 0 Å². The van der Waals surface area contributed by atoms with Gasteiger partial charge in [0.1, 0.15) is 0 Å². The Hall–Kier alpha value is -1.04. The average Bonchev–Trinajstić information content (AvgIpc) is 2.85. The molecule has 0 aromatic rings. The molecular weight excluding hydrogens is 336 g/mol. The highest BCUT2D eigenvalue weighted by molar-refractivity contribution is 5.27. The van der Waals surface area contributed by atoms with Gasteiger partial charge in [-0.2, -0.15) is 0 Å². The van der Waals surface area contributed by atoms with Crippen molar-refractivity contribution in [1.29, 1.82) is 0 Å². The van der Waals surface area contributed by atoms with E-state index in [0.717, 1.165) is 36.5 Å². The van der Waals surface area contributed by atoms with Crippen molar-refractivity contribution in [3.63, 3.8) is 0 Å². The van der Waals surface area contributed by atoms with E-state index in [1.807, 2.05) is 0 Å². The second-order valence-corrected chi connectivity index (χ2v) is 11.9. The summed E-state index contributed by atoms with van der Waals surface area (Å²) in [4.78, 5) is 0. The van der Waals surface area contributed by atoms with E-state index >= 15 is 0 Å². The topological polar surface area (TPSA) is 0 Å². The molecule has 4 unspecified atom stereocenters. The van der Waals surface area contributed by atoms with Crippen LogP contribution in [-0.2, 0) is 0 Å². The average molecular weight is 381 g/mol. The second kappa shape index (κ2) is 8.00. The molecule has 0 N–H and O–H groups in total. The van der Waals surface area contributed by atoms with E-state index in [0.29, 0.717) is 10.8 Å². The minimum absolute atomic E-state index is 0.547. The SMILES string of the molecule is C=C1CC(=C)C2CCC(C)(C)CCC12.C=C1CC(=C)C2CCC(C)(C)CCC12. The number of hydrogen-bond acceptors (Lipinski definition) is 0. The van der Waals surface area contributed by atoms with Crippen LogP contribution in [0.1, 0.15) is 91.9 Å². The van der Waals surface area contributed by atoms with Crippen LogP contribution in [0, 0.1) is 34.5 Å². The number of fused-ring (bicyclic) bond motifs is 2. The van der Waals surface area contributed by atoms with Crippen molar-refractivity contribution in [3.8, 4) is 0 Å². The Kier molecular flexibility index (Phi) is 6.19. The summed E-state index contributed by atoms with van der Waals surface area (Å²) in [5, 5.41) is 0. The van der Waals surface area contributed by atoms with Gasteiger partial charge >= 0.3 is 0 Å². The Labute approximate surface area is 175 Å². The maximum atomic E-state index is 4.22. The molecule has 0 aromatic carbocycles. The van der Waals surface area contributed by atoms with Crippen LogP contribution in [0.15, 0.2) is 48.6 Å². The summed E-state index contributed by atoms with van der Waals surface area (Å²) < 4.78 is 0. The van der Waals surface area contributed by atoms with Crippen LogP contribution in [0.3, 0.4) is 0 Å². The van der Waals surface area contributed by atoms with Gasteiger partial charge in [0, 0.05) is 0 Å².